The highest BCUT2D eigenvalue weighted by Gasteiger charge is 2.62. The third kappa shape index (κ3) is 3.91. The molecule has 1 aromatic rings. The molecule has 1 N–H and O–H groups in total. The minimum Gasteiger partial charge on any atom is -0.494 e. The van der Waals surface area contributed by atoms with Crippen LogP contribution in [-0.2, 0) is 15.1 Å². The smallest absolute Gasteiger partial charge is 0.432 e. The lowest BCUT2D eigenvalue weighted by Gasteiger charge is -2.28. The highest BCUT2D eigenvalue weighted by Crippen LogP contribution is 2.40. The van der Waals surface area contributed by atoms with Crippen molar-refractivity contribution in [3.05, 3.63) is 29.8 Å². The first kappa shape index (κ1) is 18.3. The monoisotopic (exact) mass is 320 g/mol. The molecule has 1 atom stereocenters. The topological polar surface area (TPSA) is 55.8 Å². The number of hydrogen-bond acceptors (Lipinski definition) is 4. The molecule has 0 amide bonds. The number of unbranched alkanes of at least 4 members (excludes halogenated alkanes) is 1. The van der Waals surface area contributed by atoms with Crippen LogP contribution in [0.1, 0.15) is 32.3 Å². The number of halogens is 3. The average Bonchev–Trinajstić information content (AvgIpc) is 2.46. The van der Waals surface area contributed by atoms with E-state index in [-0.39, 0.29) is 6.61 Å². The Labute approximate surface area is 126 Å². The van der Waals surface area contributed by atoms with Crippen LogP contribution in [0.5, 0.6) is 5.75 Å². The third-order valence-corrected chi connectivity index (χ3v) is 3.02. The number of aliphatic hydroxyl groups is 1. The molecule has 0 aromatic heterocycles. The maximum absolute atomic E-state index is 13.1. The molecule has 22 heavy (non-hydrogen) atoms. The lowest BCUT2D eigenvalue weighted by atomic mass is 9.93. The van der Waals surface area contributed by atoms with Crippen molar-refractivity contribution >= 4 is 5.97 Å². The van der Waals surface area contributed by atoms with Gasteiger partial charge in [0.2, 0.25) is 0 Å². The van der Waals surface area contributed by atoms with E-state index >= 15 is 0 Å². The Kier molecular flexibility index (Phi) is 6.22. The van der Waals surface area contributed by atoms with Crippen molar-refractivity contribution in [2.45, 2.75) is 38.5 Å². The van der Waals surface area contributed by atoms with Gasteiger partial charge in [-0.3, -0.25) is 0 Å². The molecule has 0 spiro atoms. The molecule has 1 rings (SSSR count). The summed E-state index contributed by atoms with van der Waals surface area (Å²) in [4.78, 5) is 11.6. The van der Waals surface area contributed by atoms with Crippen molar-refractivity contribution in [1.82, 2.24) is 0 Å². The summed E-state index contributed by atoms with van der Waals surface area (Å²) in [5, 5.41) is 9.88. The number of rotatable bonds is 7. The van der Waals surface area contributed by atoms with E-state index in [4.69, 9.17) is 4.74 Å². The molecule has 0 radical (unpaired) electrons. The van der Waals surface area contributed by atoms with E-state index in [1.54, 1.807) is 0 Å². The minimum atomic E-state index is -5.19. The van der Waals surface area contributed by atoms with E-state index in [0.717, 1.165) is 25.0 Å². The minimum absolute atomic E-state index is 0.268. The number of carbonyl (C=O) groups excluding carboxylic acids is 1. The van der Waals surface area contributed by atoms with E-state index < -0.39 is 23.3 Å². The van der Waals surface area contributed by atoms with Gasteiger partial charge >= 0.3 is 12.1 Å². The maximum atomic E-state index is 13.1. The molecule has 124 valence electrons. The Bertz CT molecular complexity index is 485. The molecule has 0 fully saturated rings. The van der Waals surface area contributed by atoms with Crippen LogP contribution in [0.2, 0.25) is 0 Å². The molecule has 0 aliphatic rings. The van der Waals surface area contributed by atoms with Crippen molar-refractivity contribution < 1.29 is 32.5 Å². The van der Waals surface area contributed by atoms with Gasteiger partial charge in [-0.15, -0.1) is 0 Å². The quantitative estimate of drug-likeness (QED) is 0.619. The molecular weight excluding hydrogens is 301 g/mol. The molecule has 7 heteroatoms. The summed E-state index contributed by atoms with van der Waals surface area (Å²) in [6.07, 6.45) is -3.45. The van der Waals surface area contributed by atoms with Crippen molar-refractivity contribution in [3.8, 4) is 5.75 Å². The van der Waals surface area contributed by atoms with Crippen LogP contribution in [0.15, 0.2) is 24.3 Å². The van der Waals surface area contributed by atoms with Gasteiger partial charge in [0.25, 0.3) is 5.60 Å². The van der Waals surface area contributed by atoms with Crippen molar-refractivity contribution in [1.29, 1.82) is 0 Å². The van der Waals surface area contributed by atoms with Gasteiger partial charge in [0.1, 0.15) is 5.75 Å². The van der Waals surface area contributed by atoms with Gasteiger partial charge in [0, 0.05) is 5.56 Å². The molecule has 0 aliphatic heterocycles. The Morgan fingerprint density at radius 3 is 2.23 bits per heavy atom. The second-order valence-electron chi connectivity index (χ2n) is 4.66. The van der Waals surface area contributed by atoms with Crippen LogP contribution in [0.3, 0.4) is 0 Å². The average molecular weight is 320 g/mol. The fourth-order valence-electron chi connectivity index (χ4n) is 1.76. The lowest BCUT2D eigenvalue weighted by Crippen LogP contribution is -2.50. The normalized spacial score (nSPS) is 14.3. The number of alkyl halides is 3. The number of hydrogen-bond donors (Lipinski definition) is 1. The van der Waals surface area contributed by atoms with E-state index in [9.17, 15) is 23.1 Å². The zero-order valence-electron chi connectivity index (χ0n) is 12.4. The van der Waals surface area contributed by atoms with Crippen molar-refractivity contribution in [2.24, 2.45) is 0 Å². The van der Waals surface area contributed by atoms with Crippen molar-refractivity contribution in [2.75, 3.05) is 13.2 Å². The van der Waals surface area contributed by atoms with Gasteiger partial charge in [0.05, 0.1) is 13.2 Å². The van der Waals surface area contributed by atoms with Crippen LogP contribution in [0, 0.1) is 0 Å². The van der Waals surface area contributed by atoms with Crippen LogP contribution in [0.4, 0.5) is 13.2 Å². The SMILES string of the molecule is CCCCOc1ccc([C@](O)(C(=O)OCC)C(F)(F)F)cc1. The highest BCUT2D eigenvalue weighted by molar-refractivity contribution is 5.82. The molecule has 0 unspecified atom stereocenters. The second-order valence-corrected chi connectivity index (χ2v) is 4.66. The van der Waals surface area contributed by atoms with E-state index in [1.807, 2.05) is 6.92 Å². The molecule has 0 heterocycles. The Morgan fingerprint density at radius 1 is 1.18 bits per heavy atom. The summed E-state index contributed by atoms with van der Waals surface area (Å²) >= 11 is 0. The molecule has 0 bridgehead atoms. The largest absolute Gasteiger partial charge is 0.494 e. The van der Waals surface area contributed by atoms with Gasteiger partial charge in [-0.2, -0.15) is 13.2 Å². The fourth-order valence-corrected chi connectivity index (χ4v) is 1.76. The summed E-state index contributed by atoms with van der Waals surface area (Å²) in [6, 6.07) is 4.57. The molecule has 4 nitrogen and oxygen atoms in total. The van der Waals surface area contributed by atoms with Gasteiger partial charge in [-0.25, -0.2) is 4.79 Å². The Balaban J connectivity index is 3.04. The summed E-state index contributed by atoms with van der Waals surface area (Å²) in [5.41, 5.74) is -4.30. The van der Waals surface area contributed by atoms with Crippen LogP contribution in [0.25, 0.3) is 0 Å². The number of carbonyl (C=O) groups is 1. The first-order valence-electron chi connectivity index (χ1n) is 6.97. The predicted octanol–water partition coefficient (Wildman–Crippen LogP) is 3.18. The third-order valence-electron chi connectivity index (χ3n) is 3.02. The standard InChI is InChI=1S/C15H19F3O4/c1-3-5-10-22-12-8-6-11(7-9-12)14(20,15(16,17)18)13(19)21-4-2/h6-9,20H,3-5,10H2,1-2H3/t14-/m0/s1. The zero-order chi connectivity index (χ0) is 16.8. The van der Waals surface area contributed by atoms with Crippen LogP contribution >= 0.6 is 0 Å². The van der Waals surface area contributed by atoms with Gasteiger partial charge in [-0.1, -0.05) is 25.5 Å². The van der Waals surface area contributed by atoms with Gasteiger partial charge in [0.15, 0.2) is 0 Å². The number of ether oxygens (including phenoxy) is 2. The van der Waals surface area contributed by atoms with Gasteiger partial charge < -0.3 is 14.6 Å². The molecular formula is C15H19F3O4. The highest BCUT2D eigenvalue weighted by atomic mass is 19.4. The van der Waals surface area contributed by atoms with E-state index in [1.165, 1.54) is 19.1 Å². The lowest BCUT2D eigenvalue weighted by molar-refractivity contribution is -0.267. The molecule has 0 saturated carbocycles. The Hall–Kier alpha value is -1.76. The summed E-state index contributed by atoms with van der Waals surface area (Å²) < 4.78 is 49.1. The van der Waals surface area contributed by atoms with E-state index in [0.29, 0.717) is 12.4 Å². The van der Waals surface area contributed by atoms with Gasteiger partial charge in [-0.05, 0) is 25.5 Å². The van der Waals surface area contributed by atoms with Crippen LogP contribution < -0.4 is 4.74 Å². The second kappa shape index (κ2) is 7.49. The maximum Gasteiger partial charge on any atom is 0.432 e. The summed E-state index contributed by atoms with van der Waals surface area (Å²) in [5.74, 6) is -1.38. The molecule has 0 saturated heterocycles. The van der Waals surface area contributed by atoms with Crippen molar-refractivity contribution in [3.63, 3.8) is 0 Å². The van der Waals surface area contributed by atoms with E-state index in [2.05, 4.69) is 4.74 Å². The Morgan fingerprint density at radius 2 is 1.77 bits per heavy atom. The fraction of sp³-hybridized carbons (Fsp3) is 0.533. The van der Waals surface area contributed by atoms with Crippen LogP contribution in [-0.4, -0.2) is 30.5 Å². The molecule has 0 aliphatic carbocycles. The summed E-state index contributed by atoms with van der Waals surface area (Å²) in [6.45, 7) is 3.52. The number of benzene rings is 1. The first-order chi connectivity index (χ1) is 10.3. The summed E-state index contributed by atoms with van der Waals surface area (Å²) in [7, 11) is 0. The zero-order valence-corrected chi connectivity index (χ0v) is 12.4. The number of esters is 1. The molecule has 1 aromatic carbocycles. The first-order valence-corrected chi connectivity index (χ1v) is 6.97. The predicted molar refractivity (Wildman–Crippen MR) is 73.4 cm³/mol.